The molecule has 0 fully saturated rings. The van der Waals surface area contributed by atoms with Gasteiger partial charge in [-0.2, -0.15) is 0 Å². The lowest BCUT2D eigenvalue weighted by Crippen LogP contribution is -2.47. The molecule has 3 N–H and O–H groups in total. The smallest absolute Gasteiger partial charge is 0.312 e. The van der Waals surface area contributed by atoms with E-state index in [1.165, 1.54) is 0 Å². The van der Waals surface area contributed by atoms with E-state index in [1.54, 1.807) is 13.8 Å². The Kier molecular flexibility index (Phi) is 2.19. The summed E-state index contributed by atoms with van der Waals surface area (Å²) in [7, 11) is 0. The van der Waals surface area contributed by atoms with Gasteiger partial charge in [0.1, 0.15) is 6.29 Å². The molecule has 0 aromatic rings. The number of urea groups is 1. The quantitative estimate of drug-likeness (QED) is 0.500. The summed E-state index contributed by atoms with van der Waals surface area (Å²) in [5.41, 5.74) is 3.90. The van der Waals surface area contributed by atoms with Crippen LogP contribution in [0.5, 0.6) is 0 Å². The van der Waals surface area contributed by atoms with Gasteiger partial charge in [0.25, 0.3) is 0 Å². The highest BCUT2D eigenvalue weighted by Gasteiger charge is 2.16. The zero-order chi connectivity index (χ0) is 7.49. The van der Waals surface area contributed by atoms with Crippen LogP contribution in [0.4, 0.5) is 4.79 Å². The third kappa shape index (κ3) is 3.52. The second kappa shape index (κ2) is 2.48. The largest absolute Gasteiger partial charge is 0.352 e. The van der Waals surface area contributed by atoms with Crippen molar-refractivity contribution in [1.29, 1.82) is 0 Å². The van der Waals surface area contributed by atoms with Gasteiger partial charge in [-0.25, -0.2) is 4.79 Å². The number of carbonyl (C=O) groups excluding carboxylic acids is 2. The Morgan fingerprint density at radius 3 is 2.22 bits per heavy atom. The molecule has 0 bridgehead atoms. The van der Waals surface area contributed by atoms with Gasteiger partial charge in [-0.05, 0) is 13.8 Å². The first-order valence-corrected chi connectivity index (χ1v) is 2.52. The molecule has 4 heteroatoms. The van der Waals surface area contributed by atoms with E-state index in [0.717, 1.165) is 0 Å². The van der Waals surface area contributed by atoms with Crippen molar-refractivity contribution in [2.45, 2.75) is 19.4 Å². The van der Waals surface area contributed by atoms with Crippen molar-refractivity contribution in [2.24, 2.45) is 5.73 Å². The molecular weight excluding hydrogens is 120 g/mol. The molecule has 0 radical (unpaired) electrons. The molecule has 0 atom stereocenters. The molecule has 0 saturated heterocycles. The van der Waals surface area contributed by atoms with E-state index in [-0.39, 0.29) is 0 Å². The minimum absolute atomic E-state index is 0.623. The van der Waals surface area contributed by atoms with Crippen molar-refractivity contribution in [3.8, 4) is 0 Å². The summed E-state index contributed by atoms with van der Waals surface area (Å²) >= 11 is 0. The van der Waals surface area contributed by atoms with Gasteiger partial charge in [0.2, 0.25) is 0 Å². The summed E-state index contributed by atoms with van der Waals surface area (Å²) in [6.07, 6.45) is 0.623. The molecule has 0 aliphatic rings. The van der Waals surface area contributed by atoms with Crippen molar-refractivity contribution in [1.82, 2.24) is 5.32 Å². The number of primary amides is 1. The van der Waals surface area contributed by atoms with E-state index in [2.05, 4.69) is 5.32 Å². The molecule has 9 heavy (non-hydrogen) atoms. The van der Waals surface area contributed by atoms with E-state index in [4.69, 9.17) is 5.73 Å². The molecule has 0 saturated carbocycles. The van der Waals surface area contributed by atoms with Crippen LogP contribution in [0.2, 0.25) is 0 Å². The van der Waals surface area contributed by atoms with Gasteiger partial charge in [-0.15, -0.1) is 0 Å². The van der Waals surface area contributed by atoms with Crippen LogP contribution in [0.15, 0.2) is 0 Å². The average Bonchev–Trinajstić information content (AvgIpc) is 1.63. The van der Waals surface area contributed by atoms with Crippen LogP contribution in [0, 0.1) is 0 Å². The first-order valence-electron chi connectivity index (χ1n) is 2.52. The van der Waals surface area contributed by atoms with Crippen LogP contribution < -0.4 is 11.1 Å². The number of nitrogens with two attached hydrogens (primary N) is 1. The van der Waals surface area contributed by atoms with Gasteiger partial charge in [0, 0.05) is 0 Å². The van der Waals surface area contributed by atoms with Gasteiger partial charge < -0.3 is 15.8 Å². The summed E-state index contributed by atoms with van der Waals surface area (Å²) in [6.45, 7) is 3.12. The number of hydrogen-bond acceptors (Lipinski definition) is 2. The number of carbonyl (C=O) groups is 2. The number of amides is 2. The van der Waals surface area contributed by atoms with Gasteiger partial charge in [0.05, 0.1) is 5.54 Å². The fourth-order valence-corrected chi connectivity index (χ4v) is 0.347. The van der Waals surface area contributed by atoms with Crippen molar-refractivity contribution in [3.05, 3.63) is 0 Å². The lowest BCUT2D eigenvalue weighted by molar-refractivity contribution is -0.111. The van der Waals surface area contributed by atoms with E-state index in [0.29, 0.717) is 6.29 Å². The molecule has 4 nitrogen and oxygen atoms in total. The maximum absolute atomic E-state index is 10.1. The minimum Gasteiger partial charge on any atom is -0.352 e. The Morgan fingerprint density at radius 2 is 2.11 bits per heavy atom. The molecule has 0 aliphatic heterocycles. The third-order valence-electron chi connectivity index (χ3n) is 0.740. The van der Waals surface area contributed by atoms with Gasteiger partial charge in [-0.3, -0.25) is 0 Å². The third-order valence-corrected chi connectivity index (χ3v) is 0.740. The molecule has 0 aliphatic carbocycles. The van der Waals surface area contributed by atoms with Crippen LogP contribution >= 0.6 is 0 Å². The van der Waals surface area contributed by atoms with Crippen molar-refractivity contribution >= 4 is 12.3 Å². The van der Waals surface area contributed by atoms with Crippen LogP contribution in [-0.4, -0.2) is 17.9 Å². The van der Waals surface area contributed by atoms with E-state index < -0.39 is 11.6 Å². The lowest BCUT2D eigenvalue weighted by atomic mass is 10.1. The Balaban J connectivity index is 3.86. The van der Waals surface area contributed by atoms with Crippen LogP contribution in [0.1, 0.15) is 13.8 Å². The molecule has 0 unspecified atom stereocenters. The number of aldehydes is 1. The highest BCUT2D eigenvalue weighted by Crippen LogP contribution is 1.93. The molecule has 0 aromatic heterocycles. The maximum Gasteiger partial charge on any atom is 0.312 e. The highest BCUT2D eigenvalue weighted by molar-refractivity contribution is 5.78. The summed E-state index contributed by atoms with van der Waals surface area (Å²) in [6, 6.07) is -0.688. The first kappa shape index (κ1) is 7.94. The first-order chi connectivity index (χ1) is 3.98. The Bertz CT molecular complexity index is 131. The van der Waals surface area contributed by atoms with Gasteiger partial charge in [0.15, 0.2) is 0 Å². The zero-order valence-electron chi connectivity index (χ0n) is 5.47. The predicted octanol–water partition coefficient (Wildman–Crippen LogP) is -0.368. The second-order valence-electron chi connectivity index (χ2n) is 2.33. The van der Waals surface area contributed by atoms with Crippen LogP contribution in [0.25, 0.3) is 0 Å². The van der Waals surface area contributed by atoms with Crippen molar-refractivity contribution in [2.75, 3.05) is 0 Å². The molecule has 2 amide bonds. The normalized spacial score (nSPS) is 10.4. The Labute approximate surface area is 53.4 Å². The topological polar surface area (TPSA) is 72.2 Å². The number of rotatable bonds is 2. The fourth-order valence-electron chi connectivity index (χ4n) is 0.347. The summed E-state index contributed by atoms with van der Waals surface area (Å²) < 4.78 is 0. The maximum atomic E-state index is 10.1. The van der Waals surface area contributed by atoms with Crippen LogP contribution in [-0.2, 0) is 4.79 Å². The van der Waals surface area contributed by atoms with Gasteiger partial charge >= 0.3 is 6.03 Å². The zero-order valence-corrected chi connectivity index (χ0v) is 5.47. The molecule has 0 spiro atoms. The molecule has 0 aromatic carbocycles. The number of hydrogen-bond donors (Lipinski definition) is 2. The standard InChI is InChI=1S/C5H10N2O2/c1-5(2,3-8)7-4(6)9/h3H,1-2H3,(H3,6,7,9). The van der Waals surface area contributed by atoms with E-state index in [9.17, 15) is 9.59 Å². The van der Waals surface area contributed by atoms with Crippen molar-refractivity contribution < 1.29 is 9.59 Å². The SMILES string of the molecule is CC(C)(C=O)NC(N)=O. The molecule has 52 valence electrons. The molecular formula is C5H10N2O2. The second-order valence-corrected chi connectivity index (χ2v) is 2.33. The monoisotopic (exact) mass is 130 g/mol. The minimum atomic E-state index is -0.841. The van der Waals surface area contributed by atoms with E-state index >= 15 is 0 Å². The summed E-state index contributed by atoms with van der Waals surface area (Å²) in [5, 5.41) is 2.24. The average molecular weight is 130 g/mol. The van der Waals surface area contributed by atoms with Crippen LogP contribution in [0.3, 0.4) is 0 Å². The lowest BCUT2D eigenvalue weighted by Gasteiger charge is -2.16. The Morgan fingerprint density at radius 1 is 1.67 bits per heavy atom. The number of nitrogens with one attached hydrogen (secondary N) is 1. The summed E-state index contributed by atoms with van der Waals surface area (Å²) in [5.74, 6) is 0. The fraction of sp³-hybridized carbons (Fsp3) is 0.600. The van der Waals surface area contributed by atoms with Crippen molar-refractivity contribution in [3.63, 3.8) is 0 Å². The summed E-state index contributed by atoms with van der Waals surface area (Å²) in [4.78, 5) is 20.2. The highest BCUT2D eigenvalue weighted by atomic mass is 16.2. The van der Waals surface area contributed by atoms with E-state index in [1.807, 2.05) is 0 Å². The predicted molar refractivity (Wildman–Crippen MR) is 32.9 cm³/mol. The van der Waals surface area contributed by atoms with Gasteiger partial charge in [-0.1, -0.05) is 0 Å². The molecule has 0 rings (SSSR count). The Hall–Kier alpha value is -1.06. The molecule has 0 heterocycles.